The van der Waals surface area contributed by atoms with Crippen LogP contribution in [0.1, 0.15) is 46.1 Å². The molecule has 3 atom stereocenters. The van der Waals surface area contributed by atoms with Crippen LogP contribution in [0.25, 0.3) is 0 Å². The first-order valence-electron chi connectivity index (χ1n) is 9.17. The van der Waals surface area contributed by atoms with E-state index >= 15 is 0 Å². The second-order valence-corrected chi connectivity index (χ2v) is 7.46. The summed E-state index contributed by atoms with van der Waals surface area (Å²) < 4.78 is 11.7. The summed E-state index contributed by atoms with van der Waals surface area (Å²) in [6, 6.07) is 7.90. The van der Waals surface area contributed by atoms with Crippen LogP contribution in [0.2, 0.25) is 0 Å². The Bertz CT molecular complexity index is 608. The highest BCUT2D eigenvalue weighted by Gasteiger charge is 2.62. The molecule has 1 amide bonds. The van der Waals surface area contributed by atoms with Crippen LogP contribution in [-0.4, -0.2) is 36.8 Å². The highest BCUT2D eigenvalue weighted by molar-refractivity contribution is 5.88. The number of carbonyl (C=O) groups excluding carboxylic acids is 1. The average molecular weight is 385 g/mol. The van der Waals surface area contributed by atoms with E-state index in [1.54, 1.807) is 0 Å². The Morgan fingerprint density at radius 2 is 2.00 bits per heavy atom. The first kappa shape index (κ1) is 22.7. The monoisotopic (exact) mass is 384 g/mol. The Morgan fingerprint density at radius 3 is 2.54 bits per heavy atom. The summed E-state index contributed by atoms with van der Waals surface area (Å²) in [6.45, 7) is 11.1. The molecule has 0 radical (unpaired) electrons. The molecule has 1 aliphatic carbocycles. The summed E-state index contributed by atoms with van der Waals surface area (Å²) in [4.78, 5) is 12.7. The number of ether oxygens (including phenoxy) is 2. The predicted octanol–water partition coefficient (Wildman–Crippen LogP) is 3.22. The predicted molar refractivity (Wildman–Crippen MR) is 107 cm³/mol. The number of nitrogens with one attached hydrogen (secondary N) is 1. The lowest BCUT2D eigenvalue weighted by Gasteiger charge is -2.57. The van der Waals surface area contributed by atoms with Crippen LogP contribution in [0.4, 0.5) is 0 Å². The van der Waals surface area contributed by atoms with Crippen LogP contribution in [0.5, 0.6) is 5.75 Å². The number of benzene rings is 1. The quantitative estimate of drug-likeness (QED) is 0.721. The van der Waals surface area contributed by atoms with Gasteiger partial charge in [-0.15, -0.1) is 12.4 Å². The molecule has 1 fully saturated rings. The Hall–Kier alpha value is -1.30. The fourth-order valence-electron chi connectivity index (χ4n) is 3.32. The van der Waals surface area contributed by atoms with E-state index in [1.807, 2.05) is 58.9 Å². The lowest BCUT2D eigenvalue weighted by molar-refractivity contribution is -0.170. The molecule has 26 heavy (non-hydrogen) atoms. The molecule has 1 saturated carbocycles. The highest BCUT2D eigenvalue weighted by atomic mass is 35.5. The summed E-state index contributed by atoms with van der Waals surface area (Å²) in [5.41, 5.74) is 6.22. The molecule has 148 valence electrons. The number of aryl methyl sites for hydroxylation is 1. The minimum absolute atomic E-state index is 0. The summed E-state index contributed by atoms with van der Waals surface area (Å²) in [7, 11) is 0. The number of hydrogen-bond acceptors (Lipinski definition) is 4. The summed E-state index contributed by atoms with van der Waals surface area (Å²) in [6.07, 6.45) is 1.30. The summed E-state index contributed by atoms with van der Waals surface area (Å²) >= 11 is 0. The van der Waals surface area contributed by atoms with Crippen LogP contribution < -0.4 is 15.8 Å². The minimum Gasteiger partial charge on any atom is -0.488 e. The van der Waals surface area contributed by atoms with Crippen LogP contribution >= 0.6 is 12.4 Å². The molecule has 6 heteroatoms. The molecule has 0 aliphatic heterocycles. The molecule has 1 aliphatic rings. The molecule has 1 aromatic carbocycles. The van der Waals surface area contributed by atoms with Gasteiger partial charge in [-0.25, -0.2) is 0 Å². The zero-order valence-electron chi connectivity index (χ0n) is 16.5. The van der Waals surface area contributed by atoms with Crippen molar-refractivity contribution in [2.75, 3.05) is 13.2 Å². The topological polar surface area (TPSA) is 73.6 Å². The molecule has 5 nitrogen and oxygen atoms in total. The molecule has 0 saturated heterocycles. The molecular weight excluding hydrogens is 352 g/mol. The molecule has 0 aromatic heterocycles. The van der Waals surface area contributed by atoms with Crippen molar-refractivity contribution >= 4 is 18.3 Å². The normalized spacial score (nSPS) is 24.8. The van der Waals surface area contributed by atoms with Gasteiger partial charge >= 0.3 is 0 Å². The number of hydrogen-bond donors (Lipinski definition) is 2. The lowest BCUT2D eigenvalue weighted by Crippen LogP contribution is -2.76. The third kappa shape index (κ3) is 4.33. The van der Waals surface area contributed by atoms with Crippen molar-refractivity contribution in [1.82, 2.24) is 5.32 Å². The third-order valence-electron chi connectivity index (χ3n) is 5.57. The molecule has 3 unspecified atom stereocenters. The van der Waals surface area contributed by atoms with Crippen molar-refractivity contribution in [3.05, 3.63) is 29.8 Å². The number of rotatable bonds is 8. The maximum absolute atomic E-state index is 12.7. The van der Waals surface area contributed by atoms with Gasteiger partial charge in [-0.05, 0) is 31.9 Å². The molecule has 1 aromatic rings. The highest BCUT2D eigenvalue weighted by Crippen LogP contribution is 2.49. The van der Waals surface area contributed by atoms with Gasteiger partial charge in [0, 0.05) is 18.4 Å². The average Bonchev–Trinajstić information content (AvgIpc) is 2.59. The number of carbonyl (C=O) groups is 1. The van der Waals surface area contributed by atoms with E-state index in [4.69, 9.17) is 15.2 Å². The molecule has 0 bridgehead atoms. The molecule has 2 rings (SSSR count). The summed E-state index contributed by atoms with van der Waals surface area (Å²) in [5.74, 6) is 0.728. The van der Waals surface area contributed by atoms with Crippen LogP contribution in [-0.2, 0) is 9.53 Å². The SMILES string of the molecule is CCOC1CC(N)(C(=O)NCC(CC)Oc2ccccc2C)C1(C)C.Cl. The molecule has 3 N–H and O–H groups in total. The molecule has 0 spiro atoms. The Kier molecular flexibility index (Phi) is 7.93. The second-order valence-electron chi connectivity index (χ2n) is 7.46. The number of para-hydroxylation sites is 1. The van der Waals surface area contributed by atoms with Gasteiger partial charge < -0.3 is 20.5 Å². The van der Waals surface area contributed by atoms with Gasteiger partial charge in [-0.3, -0.25) is 4.79 Å². The van der Waals surface area contributed by atoms with Crippen LogP contribution in [0.3, 0.4) is 0 Å². The van der Waals surface area contributed by atoms with Gasteiger partial charge in [-0.1, -0.05) is 39.0 Å². The van der Waals surface area contributed by atoms with E-state index < -0.39 is 5.54 Å². The second kappa shape index (κ2) is 9.07. The van der Waals surface area contributed by atoms with E-state index in [1.165, 1.54) is 0 Å². The molecular formula is C20H33ClN2O3. The zero-order chi connectivity index (χ0) is 18.7. The first-order valence-corrected chi connectivity index (χ1v) is 9.17. The van der Waals surface area contributed by atoms with Gasteiger partial charge in [0.25, 0.3) is 0 Å². The van der Waals surface area contributed by atoms with E-state index in [0.29, 0.717) is 19.6 Å². The number of halogens is 1. The van der Waals surface area contributed by atoms with Crippen molar-refractivity contribution in [2.24, 2.45) is 11.1 Å². The van der Waals surface area contributed by atoms with Gasteiger partial charge in [0.05, 0.1) is 12.6 Å². The number of amides is 1. The van der Waals surface area contributed by atoms with E-state index in [2.05, 4.69) is 5.32 Å². The Balaban J connectivity index is 0.00000338. The largest absolute Gasteiger partial charge is 0.488 e. The van der Waals surface area contributed by atoms with Gasteiger partial charge in [0.2, 0.25) is 5.91 Å². The fraction of sp³-hybridized carbons (Fsp3) is 0.650. The standard InChI is InChI=1S/C20H32N2O3.ClH/c1-6-15(25-16-11-9-8-10-14(16)3)13-22-18(23)20(21)12-17(24-7-2)19(20,4)5;/h8-11,15,17H,6-7,12-13,21H2,1-5H3,(H,22,23);1H. The van der Waals surface area contributed by atoms with Crippen molar-refractivity contribution < 1.29 is 14.3 Å². The van der Waals surface area contributed by atoms with Crippen LogP contribution in [0, 0.1) is 12.3 Å². The van der Waals surface area contributed by atoms with E-state index in [0.717, 1.165) is 17.7 Å². The van der Waals surface area contributed by atoms with Crippen molar-refractivity contribution in [3.8, 4) is 5.75 Å². The summed E-state index contributed by atoms with van der Waals surface area (Å²) in [5, 5.41) is 2.99. The molecule has 0 heterocycles. The third-order valence-corrected chi connectivity index (χ3v) is 5.57. The van der Waals surface area contributed by atoms with Crippen LogP contribution in [0.15, 0.2) is 24.3 Å². The van der Waals surface area contributed by atoms with Crippen molar-refractivity contribution in [2.45, 2.75) is 65.2 Å². The van der Waals surface area contributed by atoms with Gasteiger partial charge in [0.1, 0.15) is 17.4 Å². The Labute approximate surface area is 163 Å². The first-order chi connectivity index (χ1) is 11.8. The maximum Gasteiger partial charge on any atom is 0.240 e. The zero-order valence-corrected chi connectivity index (χ0v) is 17.3. The van der Waals surface area contributed by atoms with Gasteiger partial charge in [0.15, 0.2) is 0 Å². The minimum atomic E-state index is -0.895. The Morgan fingerprint density at radius 1 is 1.35 bits per heavy atom. The smallest absolute Gasteiger partial charge is 0.240 e. The van der Waals surface area contributed by atoms with E-state index in [-0.39, 0.29) is 35.9 Å². The van der Waals surface area contributed by atoms with E-state index in [9.17, 15) is 4.79 Å². The van der Waals surface area contributed by atoms with Crippen molar-refractivity contribution in [3.63, 3.8) is 0 Å². The lowest BCUT2D eigenvalue weighted by atomic mass is 9.54. The van der Waals surface area contributed by atoms with Crippen molar-refractivity contribution in [1.29, 1.82) is 0 Å². The number of nitrogens with two attached hydrogens (primary N) is 1. The fourth-order valence-corrected chi connectivity index (χ4v) is 3.32. The van der Waals surface area contributed by atoms with Gasteiger partial charge in [-0.2, -0.15) is 0 Å². The maximum atomic E-state index is 12.7.